The van der Waals surface area contributed by atoms with Crippen LogP contribution in [0.2, 0.25) is 0 Å². The van der Waals surface area contributed by atoms with E-state index in [4.69, 9.17) is 0 Å². The van der Waals surface area contributed by atoms with Gasteiger partial charge < -0.3 is 5.32 Å². The average Bonchev–Trinajstić information content (AvgIpc) is 3.17. The molecule has 1 heterocycles. The number of thiophene rings is 1. The van der Waals surface area contributed by atoms with Gasteiger partial charge in [0.1, 0.15) is 0 Å². The quantitative estimate of drug-likeness (QED) is 0.824. The number of rotatable bonds is 7. The normalized spacial score (nSPS) is 14.8. The van der Waals surface area contributed by atoms with E-state index < -0.39 is 0 Å². The predicted molar refractivity (Wildman–Crippen MR) is 82.7 cm³/mol. The van der Waals surface area contributed by atoms with Gasteiger partial charge in [0, 0.05) is 31.4 Å². The van der Waals surface area contributed by atoms with E-state index in [-0.39, 0.29) is 0 Å². The van der Waals surface area contributed by atoms with Crippen LogP contribution in [0, 0.1) is 0 Å². The Kier molecular flexibility index (Phi) is 4.16. The van der Waals surface area contributed by atoms with Crippen LogP contribution in [-0.4, -0.2) is 24.0 Å². The minimum Gasteiger partial charge on any atom is -0.384 e. The zero-order valence-corrected chi connectivity index (χ0v) is 11.9. The summed E-state index contributed by atoms with van der Waals surface area (Å²) in [5.74, 6) is 0. The van der Waals surface area contributed by atoms with Gasteiger partial charge in [0.2, 0.25) is 0 Å². The fraction of sp³-hybridized carbons (Fsp3) is 0.375. The molecule has 0 bridgehead atoms. The maximum Gasteiger partial charge on any atom is 0.0340 e. The summed E-state index contributed by atoms with van der Waals surface area (Å²) in [5, 5.41) is 7.93. The first-order chi connectivity index (χ1) is 9.42. The van der Waals surface area contributed by atoms with E-state index in [0.29, 0.717) is 0 Å². The number of hydrogen-bond acceptors (Lipinski definition) is 3. The van der Waals surface area contributed by atoms with Crippen molar-refractivity contribution in [1.29, 1.82) is 0 Å². The molecule has 0 saturated heterocycles. The lowest BCUT2D eigenvalue weighted by Gasteiger charge is -2.22. The smallest absolute Gasteiger partial charge is 0.0340 e. The summed E-state index contributed by atoms with van der Waals surface area (Å²) in [4.78, 5) is 2.61. The summed E-state index contributed by atoms with van der Waals surface area (Å²) in [5.41, 5.74) is 2.67. The van der Waals surface area contributed by atoms with Crippen LogP contribution in [0.5, 0.6) is 0 Å². The van der Waals surface area contributed by atoms with Crippen LogP contribution < -0.4 is 5.32 Å². The minimum absolute atomic E-state index is 0.817. The molecule has 100 valence electrons. The summed E-state index contributed by atoms with van der Waals surface area (Å²) in [7, 11) is 0. The molecule has 1 aliphatic rings. The van der Waals surface area contributed by atoms with Gasteiger partial charge in [0.25, 0.3) is 0 Å². The third-order valence-electron chi connectivity index (χ3n) is 3.53. The second-order valence-corrected chi connectivity index (χ2v) is 5.91. The first-order valence-corrected chi connectivity index (χ1v) is 7.90. The van der Waals surface area contributed by atoms with Crippen molar-refractivity contribution in [2.24, 2.45) is 0 Å². The number of hydrogen-bond donors (Lipinski definition) is 1. The van der Waals surface area contributed by atoms with Gasteiger partial charge in [0.05, 0.1) is 0 Å². The third-order valence-corrected chi connectivity index (χ3v) is 4.26. The predicted octanol–water partition coefficient (Wildman–Crippen LogP) is 3.82. The Hall–Kier alpha value is -1.32. The molecule has 1 saturated carbocycles. The molecule has 1 N–H and O–H groups in total. The SMILES string of the molecule is c1ccc(NCCN(Cc2ccsc2)C2CC2)cc1. The largest absolute Gasteiger partial charge is 0.384 e. The molecule has 1 aliphatic carbocycles. The molecule has 0 amide bonds. The van der Waals surface area contributed by atoms with Gasteiger partial charge in [-0.25, -0.2) is 0 Å². The number of nitrogens with zero attached hydrogens (tertiary/aromatic N) is 1. The first kappa shape index (κ1) is 12.7. The van der Waals surface area contributed by atoms with Crippen LogP contribution in [0.3, 0.4) is 0 Å². The highest BCUT2D eigenvalue weighted by molar-refractivity contribution is 7.07. The summed E-state index contributed by atoms with van der Waals surface area (Å²) in [6.07, 6.45) is 2.74. The minimum atomic E-state index is 0.817. The summed E-state index contributed by atoms with van der Waals surface area (Å²) in [6.45, 7) is 3.24. The topological polar surface area (TPSA) is 15.3 Å². The molecule has 1 aromatic heterocycles. The molecule has 0 spiro atoms. The van der Waals surface area contributed by atoms with E-state index in [1.165, 1.54) is 24.1 Å². The van der Waals surface area contributed by atoms with Gasteiger partial charge in [-0.05, 0) is 47.4 Å². The van der Waals surface area contributed by atoms with E-state index >= 15 is 0 Å². The molecule has 2 aromatic rings. The van der Waals surface area contributed by atoms with Gasteiger partial charge in [-0.3, -0.25) is 4.90 Å². The van der Waals surface area contributed by atoms with E-state index in [2.05, 4.69) is 57.4 Å². The molecule has 2 nitrogen and oxygen atoms in total. The van der Waals surface area contributed by atoms with E-state index in [0.717, 1.165) is 25.7 Å². The van der Waals surface area contributed by atoms with Crippen molar-refractivity contribution in [2.75, 3.05) is 18.4 Å². The van der Waals surface area contributed by atoms with Gasteiger partial charge in [-0.15, -0.1) is 0 Å². The standard InChI is InChI=1S/C16H20N2S/c1-2-4-15(5-3-1)17-9-10-18(16-6-7-16)12-14-8-11-19-13-14/h1-5,8,11,13,16-17H,6-7,9-10,12H2. The first-order valence-electron chi connectivity index (χ1n) is 6.96. The Labute approximate surface area is 119 Å². The second kappa shape index (κ2) is 6.22. The fourth-order valence-corrected chi connectivity index (χ4v) is 3.01. The highest BCUT2D eigenvalue weighted by Gasteiger charge is 2.28. The number of benzene rings is 1. The van der Waals surface area contributed by atoms with Crippen LogP contribution in [0.15, 0.2) is 47.2 Å². The Balaban J connectivity index is 1.48. The Morgan fingerprint density at radius 2 is 2.00 bits per heavy atom. The molecular formula is C16H20N2S. The number of nitrogens with one attached hydrogen (secondary N) is 1. The van der Waals surface area contributed by atoms with Crippen molar-refractivity contribution < 1.29 is 0 Å². The number of anilines is 1. The lowest BCUT2D eigenvalue weighted by Crippen LogP contribution is -2.30. The maximum absolute atomic E-state index is 3.50. The molecule has 19 heavy (non-hydrogen) atoms. The van der Waals surface area contributed by atoms with Gasteiger partial charge in [-0.1, -0.05) is 18.2 Å². The van der Waals surface area contributed by atoms with Gasteiger partial charge >= 0.3 is 0 Å². The molecule has 0 aliphatic heterocycles. The molecule has 1 fully saturated rings. The van der Waals surface area contributed by atoms with E-state index in [1.807, 2.05) is 0 Å². The zero-order valence-electron chi connectivity index (χ0n) is 11.1. The molecule has 3 heteroatoms. The van der Waals surface area contributed by atoms with Gasteiger partial charge in [-0.2, -0.15) is 11.3 Å². The van der Waals surface area contributed by atoms with E-state index in [1.54, 1.807) is 11.3 Å². The lowest BCUT2D eigenvalue weighted by atomic mass is 10.3. The Bertz CT molecular complexity index is 477. The lowest BCUT2D eigenvalue weighted by molar-refractivity contribution is 0.265. The molecular weight excluding hydrogens is 252 g/mol. The van der Waals surface area contributed by atoms with E-state index in [9.17, 15) is 0 Å². The van der Waals surface area contributed by atoms with Crippen molar-refractivity contribution in [3.8, 4) is 0 Å². The van der Waals surface area contributed by atoms with Crippen LogP contribution >= 0.6 is 11.3 Å². The fourth-order valence-electron chi connectivity index (χ4n) is 2.35. The highest BCUT2D eigenvalue weighted by Crippen LogP contribution is 2.28. The summed E-state index contributed by atoms with van der Waals surface area (Å²) < 4.78 is 0. The Morgan fingerprint density at radius 1 is 1.16 bits per heavy atom. The van der Waals surface area contributed by atoms with Crippen LogP contribution in [0.1, 0.15) is 18.4 Å². The third kappa shape index (κ3) is 3.82. The summed E-state index contributed by atoms with van der Waals surface area (Å²) >= 11 is 1.79. The molecule has 0 unspecified atom stereocenters. The van der Waals surface area contributed by atoms with Crippen LogP contribution in [0.4, 0.5) is 5.69 Å². The maximum atomic E-state index is 3.50. The Morgan fingerprint density at radius 3 is 2.68 bits per heavy atom. The monoisotopic (exact) mass is 272 g/mol. The van der Waals surface area contributed by atoms with Crippen molar-refractivity contribution in [3.63, 3.8) is 0 Å². The van der Waals surface area contributed by atoms with Gasteiger partial charge in [0.15, 0.2) is 0 Å². The number of para-hydroxylation sites is 1. The highest BCUT2D eigenvalue weighted by atomic mass is 32.1. The van der Waals surface area contributed by atoms with Crippen LogP contribution in [-0.2, 0) is 6.54 Å². The molecule has 0 atom stereocenters. The summed E-state index contributed by atoms with van der Waals surface area (Å²) in [6, 6.07) is 13.5. The van der Waals surface area contributed by atoms with Crippen molar-refractivity contribution in [1.82, 2.24) is 4.90 Å². The van der Waals surface area contributed by atoms with Crippen molar-refractivity contribution in [3.05, 3.63) is 52.7 Å². The molecule has 3 rings (SSSR count). The average molecular weight is 272 g/mol. The molecule has 1 aromatic carbocycles. The second-order valence-electron chi connectivity index (χ2n) is 5.13. The van der Waals surface area contributed by atoms with Crippen molar-refractivity contribution in [2.45, 2.75) is 25.4 Å². The van der Waals surface area contributed by atoms with Crippen LogP contribution in [0.25, 0.3) is 0 Å². The zero-order chi connectivity index (χ0) is 12.9. The van der Waals surface area contributed by atoms with Crippen molar-refractivity contribution >= 4 is 17.0 Å². The molecule has 0 radical (unpaired) electrons.